The van der Waals surface area contributed by atoms with Gasteiger partial charge in [0.05, 0.1) is 11.6 Å². The van der Waals surface area contributed by atoms with Crippen molar-refractivity contribution in [3.05, 3.63) is 11.7 Å². The molecule has 0 bridgehead atoms. The van der Waals surface area contributed by atoms with Crippen LogP contribution in [0.4, 0.5) is 0 Å². The van der Waals surface area contributed by atoms with E-state index in [2.05, 4.69) is 26.9 Å². The zero-order chi connectivity index (χ0) is 15.6. The molecule has 0 radical (unpaired) electrons. The van der Waals surface area contributed by atoms with Crippen LogP contribution in [0.5, 0.6) is 0 Å². The summed E-state index contributed by atoms with van der Waals surface area (Å²) in [5, 5.41) is 14.6. The Labute approximate surface area is 132 Å². The number of nitrogens with zero attached hydrogens (tertiary/aromatic N) is 4. The minimum Gasteiger partial charge on any atom is -0.389 e. The molecule has 1 unspecified atom stereocenters. The number of β-amino-alcohol motifs (C(OH)–C–C–N with tert-alkyl or cyclic N) is 1. The number of aliphatic hydroxyl groups is 1. The molecule has 22 heavy (non-hydrogen) atoms. The molecule has 1 aliphatic heterocycles. The van der Waals surface area contributed by atoms with Crippen LogP contribution in [0.15, 0.2) is 4.52 Å². The standard InChI is InChI=1S/C16H28N4O2/c1-13(15-17-14(2)18-22-15)20-10-8-19(9-11-20)12-16(21)6-4-3-5-7-16/h13,21H,3-12H2,1-2H3. The molecule has 1 saturated carbocycles. The quantitative estimate of drug-likeness (QED) is 0.914. The summed E-state index contributed by atoms with van der Waals surface area (Å²) in [4.78, 5) is 9.13. The summed E-state index contributed by atoms with van der Waals surface area (Å²) in [7, 11) is 0. The monoisotopic (exact) mass is 308 g/mol. The molecule has 1 aromatic rings. The van der Waals surface area contributed by atoms with Gasteiger partial charge in [-0.05, 0) is 26.7 Å². The molecule has 6 heteroatoms. The molecule has 2 aliphatic rings. The fourth-order valence-electron chi connectivity index (χ4n) is 3.73. The Bertz CT molecular complexity index is 476. The van der Waals surface area contributed by atoms with Crippen LogP contribution in [0.1, 0.15) is 56.8 Å². The van der Waals surface area contributed by atoms with Gasteiger partial charge >= 0.3 is 0 Å². The second-order valence-electron chi connectivity index (χ2n) is 6.95. The predicted molar refractivity (Wildman–Crippen MR) is 83.5 cm³/mol. The summed E-state index contributed by atoms with van der Waals surface area (Å²) in [6, 6.07) is 0.168. The SMILES string of the molecule is Cc1noc(C(C)N2CCN(CC3(O)CCCCC3)CC2)n1. The highest BCUT2D eigenvalue weighted by atomic mass is 16.5. The molecule has 124 valence electrons. The zero-order valence-corrected chi connectivity index (χ0v) is 13.8. The van der Waals surface area contributed by atoms with E-state index >= 15 is 0 Å². The topological polar surface area (TPSA) is 65.6 Å². The fourth-order valence-corrected chi connectivity index (χ4v) is 3.73. The number of hydrogen-bond acceptors (Lipinski definition) is 6. The molecule has 1 saturated heterocycles. The number of aromatic nitrogens is 2. The van der Waals surface area contributed by atoms with Gasteiger partial charge in [0.1, 0.15) is 0 Å². The van der Waals surface area contributed by atoms with Crippen LogP contribution in [-0.2, 0) is 0 Å². The van der Waals surface area contributed by atoms with Crippen molar-refractivity contribution in [2.24, 2.45) is 0 Å². The van der Waals surface area contributed by atoms with E-state index in [1.165, 1.54) is 19.3 Å². The first kappa shape index (κ1) is 15.9. The summed E-state index contributed by atoms with van der Waals surface area (Å²) >= 11 is 0. The summed E-state index contributed by atoms with van der Waals surface area (Å²) in [6.07, 6.45) is 5.54. The van der Waals surface area contributed by atoms with Gasteiger partial charge in [-0.3, -0.25) is 9.80 Å². The highest BCUT2D eigenvalue weighted by molar-refractivity contribution is 4.93. The van der Waals surface area contributed by atoms with Crippen molar-refractivity contribution in [3.63, 3.8) is 0 Å². The van der Waals surface area contributed by atoms with Crippen LogP contribution < -0.4 is 0 Å². The van der Waals surface area contributed by atoms with Gasteiger partial charge in [0.15, 0.2) is 5.82 Å². The zero-order valence-electron chi connectivity index (χ0n) is 13.8. The summed E-state index contributed by atoms with van der Waals surface area (Å²) in [5.41, 5.74) is -0.449. The van der Waals surface area contributed by atoms with Crippen molar-refractivity contribution in [2.45, 2.75) is 57.6 Å². The smallest absolute Gasteiger partial charge is 0.243 e. The van der Waals surface area contributed by atoms with Crippen molar-refractivity contribution in [1.82, 2.24) is 19.9 Å². The highest BCUT2D eigenvalue weighted by Gasteiger charge is 2.33. The van der Waals surface area contributed by atoms with E-state index in [0.717, 1.165) is 45.6 Å². The Balaban J connectivity index is 1.49. The van der Waals surface area contributed by atoms with E-state index in [-0.39, 0.29) is 6.04 Å². The van der Waals surface area contributed by atoms with Crippen LogP contribution in [0.2, 0.25) is 0 Å². The minimum absolute atomic E-state index is 0.168. The van der Waals surface area contributed by atoms with Gasteiger partial charge in [0, 0.05) is 32.7 Å². The second-order valence-corrected chi connectivity index (χ2v) is 6.95. The van der Waals surface area contributed by atoms with Crippen LogP contribution in [0.25, 0.3) is 0 Å². The number of rotatable bonds is 4. The molecule has 1 aromatic heterocycles. The third-order valence-corrected chi connectivity index (χ3v) is 5.16. The maximum absolute atomic E-state index is 10.7. The number of aryl methyl sites for hydroxylation is 1. The molecule has 2 fully saturated rings. The van der Waals surface area contributed by atoms with Gasteiger partial charge in [-0.2, -0.15) is 4.98 Å². The lowest BCUT2D eigenvalue weighted by atomic mass is 9.84. The van der Waals surface area contributed by atoms with Crippen molar-refractivity contribution in [1.29, 1.82) is 0 Å². The first-order valence-corrected chi connectivity index (χ1v) is 8.55. The molecule has 3 rings (SSSR count). The molecule has 2 heterocycles. The van der Waals surface area contributed by atoms with E-state index in [0.29, 0.717) is 11.7 Å². The van der Waals surface area contributed by atoms with Crippen molar-refractivity contribution < 1.29 is 9.63 Å². The molecule has 1 N–H and O–H groups in total. The maximum Gasteiger partial charge on any atom is 0.243 e. The summed E-state index contributed by atoms with van der Waals surface area (Å²) in [6.45, 7) is 8.77. The van der Waals surface area contributed by atoms with Gasteiger partial charge in [0.2, 0.25) is 5.89 Å². The molecular formula is C16H28N4O2. The maximum atomic E-state index is 10.7. The van der Waals surface area contributed by atoms with Gasteiger partial charge in [-0.1, -0.05) is 24.4 Å². The Hall–Kier alpha value is -0.980. The lowest BCUT2D eigenvalue weighted by Gasteiger charge is -2.41. The number of piperazine rings is 1. The molecule has 1 aliphatic carbocycles. The van der Waals surface area contributed by atoms with Gasteiger partial charge in [-0.15, -0.1) is 0 Å². The largest absolute Gasteiger partial charge is 0.389 e. The van der Waals surface area contributed by atoms with Crippen LogP contribution in [0, 0.1) is 6.92 Å². The third kappa shape index (κ3) is 3.67. The Morgan fingerprint density at radius 1 is 1.18 bits per heavy atom. The van der Waals surface area contributed by atoms with Crippen molar-refractivity contribution in [2.75, 3.05) is 32.7 Å². The highest BCUT2D eigenvalue weighted by Crippen LogP contribution is 2.29. The average molecular weight is 308 g/mol. The van der Waals surface area contributed by atoms with E-state index in [9.17, 15) is 5.11 Å². The fraction of sp³-hybridized carbons (Fsp3) is 0.875. The van der Waals surface area contributed by atoms with E-state index in [4.69, 9.17) is 4.52 Å². The molecule has 1 atom stereocenters. The average Bonchev–Trinajstić information content (AvgIpc) is 2.94. The van der Waals surface area contributed by atoms with E-state index < -0.39 is 5.60 Å². The Kier molecular flexibility index (Phi) is 4.80. The van der Waals surface area contributed by atoms with Crippen molar-refractivity contribution in [3.8, 4) is 0 Å². The predicted octanol–water partition coefficient (Wildman–Crippen LogP) is 1.75. The van der Waals surface area contributed by atoms with Gasteiger partial charge in [0.25, 0.3) is 0 Å². The Morgan fingerprint density at radius 2 is 1.86 bits per heavy atom. The molecule has 0 aromatic carbocycles. The van der Waals surface area contributed by atoms with Crippen LogP contribution in [0.3, 0.4) is 0 Å². The van der Waals surface area contributed by atoms with Gasteiger partial charge in [-0.25, -0.2) is 0 Å². The lowest BCUT2D eigenvalue weighted by molar-refractivity contribution is -0.0387. The van der Waals surface area contributed by atoms with Gasteiger partial charge < -0.3 is 9.63 Å². The first-order chi connectivity index (χ1) is 10.6. The third-order valence-electron chi connectivity index (χ3n) is 5.16. The second kappa shape index (κ2) is 6.64. The van der Waals surface area contributed by atoms with Crippen molar-refractivity contribution >= 4 is 0 Å². The molecular weight excluding hydrogens is 280 g/mol. The van der Waals surface area contributed by atoms with Crippen LogP contribution >= 0.6 is 0 Å². The summed E-state index contributed by atoms with van der Waals surface area (Å²) < 4.78 is 5.29. The van der Waals surface area contributed by atoms with E-state index in [1.807, 2.05) is 6.92 Å². The van der Waals surface area contributed by atoms with E-state index in [1.54, 1.807) is 0 Å². The molecule has 0 spiro atoms. The lowest BCUT2D eigenvalue weighted by Crippen LogP contribution is -2.52. The normalized spacial score (nSPS) is 25.2. The number of hydrogen-bond donors (Lipinski definition) is 1. The minimum atomic E-state index is -0.449. The molecule has 0 amide bonds. The summed E-state index contributed by atoms with van der Waals surface area (Å²) in [5.74, 6) is 1.40. The molecule has 6 nitrogen and oxygen atoms in total. The Morgan fingerprint density at radius 3 is 2.45 bits per heavy atom. The first-order valence-electron chi connectivity index (χ1n) is 8.55. The van der Waals surface area contributed by atoms with Crippen LogP contribution in [-0.4, -0.2) is 63.4 Å².